The molecule has 46 heavy (non-hydrogen) atoms. The number of phosphoric acid groups is 1. The molecule has 262 valence electrons. The number of hydrogen-bond acceptors (Lipinski definition) is 9. The number of esters is 2. The molecule has 0 spiro atoms. The van der Waals surface area contributed by atoms with Gasteiger partial charge in [0.1, 0.15) is 12.6 Å². The Labute approximate surface area is 275 Å². The van der Waals surface area contributed by atoms with Crippen LogP contribution in [0.1, 0.15) is 104 Å². The average molecular weight is 670 g/mol. The van der Waals surface area contributed by atoms with Crippen molar-refractivity contribution in [3.8, 4) is 0 Å². The molecule has 0 fully saturated rings. The molecule has 0 aromatic heterocycles. The second kappa shape index (κ2) is 29.6. The summed E-state index contributed by atoms with van der Waals surface area (Å²) in [5.41, 5.74) is 5.28. The Morgan fingerprint density at radius 2 is 1.28 bits per heavy atom. The van der Waals surface area contributed by atoms with E-state index in [-0.39, 0.29) is 12.8 Å². The molecule has 0 saturated heterocycles. The number of rotatable bonds is 29. The van der Waals surface area contributed by atoms with Crippen molar-refractivity contribution in [1.82, 2.24) is 0 Å². The molecule has 0 heterocycles. The summed E-state index contributed by atoms with van der Waals surface area (Å²) in [4.78, 5) is 45.3. The molecule has 0 aliphatic rings. The van der Waals surface area contributed by atoms with E-state index >= 15 is 0 Å². The van der Waals surface area contributed by atoms with E-state index in [0.717, 1.165) is 25.7 Å². The first-order valence-corrected chi connectivity index (χ1v) is 17.8. The van der Waals surface area contributed by atoms with Crippen LogP contribution < -0.4 is 5.73 Å². The third kappa shape index (κ3) is 28.6. The first kappa shape index (κ1) is 43.2. The van der Waals surface area contributed by atoms with E-state index in [0.29, 0.717) is 12.8 Å². The van der Waals surface area contributed by atoms with Gasteiger partial charge < -0.3 is 25.2 Å². The predicted molar refractivity (Wildman–Crippen MR) is 180 cm³/mol. The van der Waals surface area contributed by atoms with Gasteiger partial charge in [-0.1, -0.05) is 107 Å². The largest absolute Gasteiger partial charge is 0.480 e. The summed E-state index contributed by atoms with van der Waals surface area (Å²) in [5.74, 6) is -2.63. The van der Waals surface area contributed by atoms with E-state index in [1.54, 1.807) is 6.08 Å². The molecule has 0 bridgehead atoms. The quantitative estimate of drug-likeness (QED) is 0.0316. The number of unbranched alkanes of at least 4 members (excludes halogenated alkanes) is 6. The zero-order valence-corrected chi connectivity index (χ0v) is 28.5. The highest BCUT2D eigenvalue weighted by atomic mass is 31.2. The van der Waals surface area contributed by atoms with Crippen molar-refractivity contribution in [2.24, 2.45) is 5.73 Å². The maximum Gasteiger partial charge on any atom is 0.472 e. The number of ether oxygens (including phenoxy) is 2. The molecule has 0 aromatic rings. The van der Waals surface area contributed by atoms with Crippen LogP contribution in [0.15, 0.2) is 60.8 Å². The van der Waals surface area contributed by atoms with Crippen LogP contribution in [0.25, 0.3) is 0 Å². The standard InChI is InChI=1S/C34H56NO10P/c1-3-5-7-9-11-13-14-15-16-18-20-22-24-26-33(37)45-30(28-43-46(40,41)44-29-31(35)34(38)39)27-42-32(36)25-23-21-19-17-12-10-8-6-4-2/h6,8,12,15-17,20-23,30-31H,3-5,7,9-11,13-14,18-19,24-29,35H2,1-2H3,(H,38,39)(H,40,41)/b8-6+,16-15+,17-12+,22-20+,23-21+/t30?,31-/m0/s1. The lowest BCUT2D eigenvalue weighted by Crippen LogP contribution is -2.34. The van der Waals surface area contributed by atoms with Gasteiger partial charge in [0.25, 0.3) is 0 Å². The molecular weight excluding hydrogens is 613 g/mol. The minimum absolute atomic E-state index is 0.0159. The maximum absolute atomic E-state index is 12.4. The van der Waals surface area contributed by atoms with Crippen LogP contribution in [-0.2, 0) is 37.5 Å². The molecule has 0 saturated carbocycles. The van der Waals surface area contributed by atoms with Gasteiger partial charge in [-0.3, -0.25) is 23.4 Å². The van der Waals surface area contributed by atoms with Crippen molar-refractivity contribution in [3.05, 3.63) is 60.8 Å². The van der Waals surface area contributed by atoms with Gasteiger partial charge in [-0.25, -0.2) is 4.57 Å². The van der Waals surface area contributed by atoms with Gasteiger partial charge in [-0.15, -0.1) is 0 Å². The Morgan fingerprint density at radius 3 is 1.93 bits per heavy atom. The molecular formula is C34H56NO10P. The van der Waals surface area contributed by atoms with Crippen molar-refractivity contribution in [1.29, 1.82) is 0 Å². The first-order chi connectivity index (χ1) is 22.1. The Kier molecular flexibility index (Phi) is 27.8. The Hall–Kier alpha value is -2.82. The molecule has 0 radical (unpaired) electrons. The van der Waals surface area contributed by atoms with E-state index < -0.39 is 57.7 Å². The second-order valence-electron chi connectivity index (χ2n) is 10.6. The monoisotopic (exact) mass is 669 g/mol. The van der Waals surface area contributed by atoms with Gasteiger partial charge in [0, 0.05) is 6.42 Å². The molecule has 0 aromatic carbocycles. The molecule has 11 nitrogen and oxygen atoms in total. The van der Waals surface area contributed by atoms with Crippen LogP contribution in [0.3, 0.4) is 0 Å². The average Bonchev–Trinajstić information content (AvgIpc) is 3.02. The molecule has 3 atom stereocenters. The topological polar surface area (TPSA) is 172 Å². The van der Waals surface area contributed by atoms with E-state index in [2.05, 4.69) is 42.7 Å². The summed E-state index contributed by atoms with van der Waals surface area (Å²) in [6.07, 6.45) is 30.9. The smallest absolute Gasteiger partial charge is 0.472 e. The minimum atomic E-state index is -4.73. The van der Waals surface area contributed by atoms with Crippen LogP contribution in [0.5, 0.6) is 0 Å². The van der Waals surface area contributed by atoms with Gasteiger partial charge >= 0.3 is 25.7 Å². The van der Waals surface area contributed by atoms with Crippen molar-refractivity contribution >= 4 is 25.7 Å². The van der Waals surface area contributed by atoms with Crippen LogP contribution in [0, 0.1) is 0 Å². The van der Waals surface area contributed by atoms with Crippen molar-refractivity contribution in [2.75, 3.05) is 19.8 Å². The van der Waals surface area contributed by atoms with Crippen molar-refractivity contribution in [2.45, 2.75) is 116 Å². The van der Waals surface area contributed by atoms with Crippen LogP contribution in [-0.4, -0.2) is 59.9 Å². The van der Waals surface area contributed by atoms with Gasteiger partial charge in [0.2, 0.25) is 0 Å². The first-order valence-electron chi connectivity index (χ1n) is 16.3. The molecule has 2 unspecified atom stereocenters. The van der Waals surface area contributed by atoms with Crippen molar-refractivity contribution < 1.29 is 47.5 Å². The van der Waals surface area contributed by atoms with Crippen LogP contribution >= 0.6 is 7.82 Å². The zero-order valence-electron chi connectivity index (χ0n) is 27.6. The van der Waals surface area contributed by atoms with E-state index in [9.17, 15) is 23.8 Å². The summed E-state index contributed by atoms with van der Waals surface area (Å²) in [6, 6.07) is -1.54. The molecule has 0 amide bonds. The number of aliphatic carboxylic acids is 1. The van der Waals surface area contributed by atoms with Crippen molar-refractivity contribution in [3.63, 3.8) is 0 Å². The SMILES string of the molecule is CC/C=C/C/C=C/C/C=C/CC(=O)OCC(COP(=O)(O)OC[C@H](N)C(=O)O)OC(=O)CC/C=C/C/C=C/CCCCCCCC. The normalized spacial score (nSPS) is 14.9. The summed E-state index contributed by atoms with van der Waals surface area (Å²) < 4.78 is 32.1. The molecule has 4 N–H and O–H groups in total. The van der Waals surface area contributed by atoms with E-state index in [4.69, 9.17) is 24.8 Å². The highest BCUT2D eigenvalue weighted by Gasteiger charge is 2.28. The maximum atomic E-state index is 12.4. The fourth-order valence-corrected chi connectivity index (χ4v) is 4.48. The highest BCUT2D eigenvalue weighted by molar-refractivity contribution is 7.47. The van der Waals surface area contributed by atoms with Gasteiger partial charge in [0.15, 0.2) is 6.10 Å². The number of allylic oxidation sites excluding steroid dienone is 9. The minimum Gasteiger partial charge on any atom is -0.480 e. The molecule has 0 rings (SSSR count). The van der Waals surface area contributed by atoms with Gasteiger partial charge in [-0.05, 0) is 44.9 Å². The van der Waals surface area contributed by atoms with Gasteiger partial charge in [0.05, 0.1) is 19.6 Å². The van der Waals surface area contributed by atoms with Crippen LogP contribution in [0.2, 0.25) is 0 Å². The fraction of sp³-hybridized carbons (Fsp3) is 0.618. The second-order valence-corrected chi connectivity index (χ2v) is 12.0. The number of carbonyl (C=O) groups excluding carboxylic acids is 2. The molecule has 0 aliphatic carbocycles. The van der Waals surface area contributed by atoms with E-state index in [1.807, 2.05) is 30.4 Å². The molecule has 12 heteroatoms. The summed E-state index contributed by atoms with van der Waals surface area (Å²) >= 11 is 0. The van der Waals surface area contributed by atoms with E-state index in [1.165, 1.54) is 38.5 Å². The van der Waals surface area contributed by atoms with Gasteiger partial charge in [-0.2, -0.15) is 0 Å². The number of phosphoric ester groups is 1. The number of nitrogens with two attached hydrogens (primary N) is 1. The Morgan fingerprint density at radius 1 is 0.717 bits per heavy atom. The predicted octanol–water partition coefficient (Wildman–Crippen LogP) is 7.27. The lowest BCUT2D eigenvalue weighted by atomic mass is 10.1. The number of hydrogen-bond donors (Lipinski definition) is 3. The number of carbonyl (C=O) groups is 3. The lowest BCUT2D eigenvalue weighted by Gasteiger charge is -2.20. The lowest BCUT2D eigenvalue weighted by molar-refractivity contribution is -0.160. The number of carboxylic acid groups (broad SMARTS) is 1. The van der Waals surface area contributed by atoms with Crippen LogP contribution in [0.4, 0.5) is 0 Å². The third-order valence-corrected chi connectivity index (χ3v) is 7.25. The summed E-state index contributed by atoms with van der Waals surface area (Å²) in [7, 11) is -4.73. The number of carboxylic acids is 1. The fourth-order valence-electron chi connectivity index (χ4n) is 3.70. The Bertz CT molecular complexity index is 1020. The zero-order chi connectivity index (χ0) is 34.3. The Balaban J connectivity index is 4.73. The summed E-state index contributed by atoms with van der Waals surface area (Å²) in [6.45, 7) is 2.44. The summed E-state index contributed by atoms with van der Waals surface area (Å²) in [5, 5.41) is 8.81. The third-order valence-electron chi connectivity index (χ3n) is 6.30. The molecule has 0 aliphatic heterocycles. The highest BCUT2D eigenvalue weighted by Crippen LogP contribution is 2.43.